The number of Topliss-reactive ketones (excluding diaryl/α,β-unsaturated/α-hetero) is 2. The van der Waals surface area contributed by atoms with Gasteiger partial charge in [-0.1, -0.05) is 0 Å². The fourth-order valence-corrected chi connectivity index (χ4v) is 1.05. The quantitative estimate of drug-likeness (QED) is 0.333. The molecule has 1 rings (SSSR count). The highest BCUT2D eigenvalue weighted by molar-refractivity contribution is 6.45. The smallest absolute Gasteiger partial charge is 0.313 e. The second kappa shape index (κ2) is 5.16. The summed E-state index contributed by atoms with van der Waals surface area (Å²) >= 11 is 0. The zero-order chi connectivity index (χ0) is 12.1. The molecule has 1 aromatic carbocycles. The summed E-state index contributed by atoms with van der Waals surface area (Å²) in [6.45, 7) is 0. The van der Waals surface area contributed by atoms with E-state index in [-0.39, 0.29) is 5.56 Å². The number of esters is 1. The van der Waals surface area contributed by atoms with E-state index in [9.17, 15) is 18.8 Å². The van der Waals surface area contributed by atoms with Gasteiger partial charge in [0.05, 0.1) is 7.11 Å². The lowest BCUT2D eigenvalue weighted by Crippen LogP contribution is -2.18. The minimum Gasteiger partial charge on any atom is -0.469 e. The van der Waals surface area contributed by atoms with E-state index in [0.29, 0.717) is 0 Å². The standard InChI is InChI=1S/C11H9FO4/c1-16-10(14)6-9(13)11(15)7-2-4-8(12)5-3-7/h2-5H,6H2,1H3. The molecule has 0 unspecified atom stereocenters. The minimum absolute atomic E-state index is 0.0512. The van der Waals surface area contributed by atoms with Crippen molar-refractivity contribution in [3.8, 4) is 0 Å². The highest BCUT2D eigenvalue weighted by Gasteiger charge is 2.19. The van der Waals surface area contributed by atoms with Gasteiger partial charge in [-0.05, 0) is 24.3 Å². The Balaban J connectivity index is 2.74. The SMILES string of the molecule is COC(=O)CC(=O)C(=O)c1ccc(F)cc1. The summed E-state index contributed by atoms with van der Waals surface area (Å²) in [5, 5.41) is 0. The third-order valence-electron chi connectivity index (χ3n) is 1.89. The highest BCUT2D eigenvalue weighted by Crippen LogP contribution is 2.05. The molecule has 0 N–H and O–H groups in total. The van der Waals surface area contributed by atoms with Crippen molar-refractivity contribution in [2.75, 3.05) is 7.11 Å². The van der Waals surface area contributed by atoms with E-state index in [4.69, 9.17) is 0 Å². The zero-order valence-electron chi connectivity index (χ0n) is 8.53. The van der Waals surface area contributed by atoms with Crippen molar-refractivity contribution >= 4 is 17.5 Å². The van der Waals surface area contributed by atoms with Gasteiger partial charge in [0.1, 0.15) is 12.2 Å². The zero-order valence-corrected chi connectivity index (χ0v) is 8.53. The van der Waals surface area contributed by atoms with Crippen molar-refractivity contribution in [2.24, 2.45) is 0 Å². The highest BCUT2D eigenvalue weighted by atomic mass is 19.1. The molecule has 0 bridgehead atoms. The Hall–Kier alpha value is -2.04. The molecule has 0 saturated carbocycles. The van der Waals surface area contributed by atoms with Crippen molar-refractivity contribution in [3.05, 3.63) is 35.6 Å². The van der Waals surface area contributed by atoms with Gasteiger partial charge in [-0.2, -0.15) is 0 Å². The van der Waals surface area contributed by atoms with E-state index in [2.05, 4.69) is 4.74 Å². The molecule has 1 aromatic rings. The lowest BCUT2D eigenvalue weighted by Gasteiger charge is -1.99. The first-order chi connectivity index (χ1) is 7.54. The Morgan fingerprint density at radius 1 is 1.19 bits per heavy atom. The number of hydrogen-bond donors (Lipinski definition) is 0. The molecule has 0 heterocycles. The summed E-state index contributed by atoms with van der Waals surface area (Å²) in [7, 11) is 1.12. The number of carbonyl (C=O) groups is 3. The first-order valence-corrected chi connectivity index (χ1v) is 4.44. The van der Waals surface area contributed by atoms with Crippen molar-refractivity contribution in [1.29, 1.82) is 0 Å². The Kier molecular flexibility index (Phi) is 3.88. The molecule has 0 fully saturated rings. The van der Waals surface area contributed by atoms with Crippen LogP contribution in [0.3, 0.4) is 0 Å². The van der Waals surface area contributed by atoms with Crippen molar-refractivity contribution in [3.63, 3.8) is 0 Å². The maximum atomic E-state index is 12.5. The number of hydrogen-bond acceptors (Lipinski definition) is 4. The number of rotatable bonds is 4. The minimum atomic E-state index is -0.876. The number of benzene rings is 1. The number of methoxy groups -OCH3 is 1. The molecule has 16 heavy (non-hydrogen) atoms. The molecule has 4 nitrogen and oxygen atoms in total. The molecule has 0 radical (unpaired) electrons. The van der Waals surface area contributed by atoms with Crippen LogP contribution in [0.5, 0.6) is 0 Å². The summed E-state index contributed by atoms with van der Waals surface area (Å²) in [6.07, 6.45) is -0.604. The molecule has 5 heteroatoms. The lowest BCUT2D eigenvalue weighted by molar-refractivity contribution is -0.142. The molecule has 0 amide bonds. The van der Waals surface area contributed by atoms with E-state index in [1.165, 1.54) is 12.1 Å². The third-order valence-corrected chi connectivity index (χ3v) is 1.89. The van der Waals surface area contributed by atoms with E-state index >= 15 is 0 Å². The van der Waals surface area contributed by atoms with Crippen LogP contribution in [-0.4, -0.2) is 24.6 Å². The van der Waals surface area contributed by atoms with Gasteiger partial charge in [0.2, 0.25) is 11.6 Å². The maximum absolute atomic E-state index is 12.5. The van der Waals surface area contributed by atoms with Crippen LogP contribution in [0.4, 0.5) is 4.39 Å². The van der Waals surface area contributed by atoms with Crippen LogP contribution in [0.25, 0.3) is 0 Å². The van der Waals surface area contributed by atoms with Crippen LogP contribution in [-0.2, 0) is 14.3 Å². The predicted molar refractivity (Wildman–Crippen MR) is 52.4 cm³/mol. The van der Waals surface area contributed by atoms with Gasteiger partial charge in [-0.15, -0.1) is 0 Å². The monoisotopic (exact) mass is 224 g/mol. The van der Waals surface area contributed by atoms with Crippen LogP contribution in [0.1, 0.15) is 16.8 Å². The van der Waals surface area contributed by atoms with Gasteiger partial charge in [0, 0.05) is 5.56 Å². The van der Waals surface area contributed by atoms with E-state index in [1.807, 2.05) is 0 Å². The van der Waals surface area contributed by atoms with E-state index in [1.54, 1.807) is 0 Å². The Morgan fingerprint density at radius 2 is 1.75 bits per heavy atom. The molecule has 0 aromatic heterocycles. The molecule has 0 spiro atoms. The van der Waals surface area contributed by atoms with E-state index < -0.39 is 29.8 Å². The van der Waals surface area contributed by atoms with Crippen LogP contribution in [0, 0.1) is 5.82 Å². The average molecular weight is 224 g/mol. The molecule has 0 aliphatic carbocycles. The first kappa shape index (κ1) is 12.0. The van der Waals surface area contributed by atoms with Crippen LogP contribution < -0.4 is 0 Å². The van der Waals surface area contributed by atoms with Crippen LogP contribution in [0.15, 0.2) is 24.3 Å². The fourth-order valence-electron chi connectivity index (χ4n) is 1.05. The second-order valence-electron chi connectivity index (χ2n) is 3.01. The normalized spacial score (nSPS) is 9.62. The van der Waals surface area contributed by atoms with Crippen molar-refractivity contribution < 1.29 is 23.5 Å². The van der Waals surface area contributed by atoms with Gasteiger partial charge < -0.3 is 4.74 Å². The van der Waals surface area contributed by atoms with Gasteiger partial charge in [-0.3, -0.25) is 14.4 Å². The van der Waals surface area contributed by atoms with Gasteiger partial charge in [0.25, 0.3) is 0 Å². The molecule has 84 valence electrons. The average Bonchev–Trinajstić information content (AvgIpc) is 2.28. The fraction of sp³-hybridized carbons (Fsp3) is 0.182. The van der Waals surface area contributed by atoms with Crippen molar-refractivity contribution in [1.82, 2.24) is 0 Å². The summed E-state index contributed by atoms with van der Waals surface area (Å²) in [6, 6.07) is 4.51. The molecule has 0 aliphatic rings. The topological polar surface area (TPSA) is 60.4 Å². The van der Waals surface area contributed by atoms with E-state index in [0.717, 1.165) is 19.2 Å². The predicted octanol–water partition coefficient (Wildman–Crippen LogP) is 1.14. The Bertz CT molecular complexity index is 422. The summed E-state index contributed by atoms with van der Waals surface area (Å²) in [5.74, 6) is -2.98. The lowest BCUT2D eigenvalue weighted by atomic mass is 10.1. The van der Waals surface area contributed by atoms with Gasteiger partial charge in [-0.25, -0.2) is 4.39 Å². The molecule has 0 atom stereocenters. The number of ketones is 2. The van der Waals surface area contributed by atoms with Crippen LogP contribution >= 0.6 is 0 Å². The molecular formula is C11H9FO4. The largest absolute Gasteiger partial charge is 0.469 e. The first-order valence-electron chi connectivity index (χ1n) is 4.44. The van der Waals surface area contributed by atoms with Crippen LogP contribution in [0.2, 0.25) is 0 Å². The Morgan fingerprint density at radius 3 is 2.25 bits per heavy atom. The van der Waals surface area contributed by atoms with Gasteiger partial charge in [0.15, 0.2) is 0 Å². The molecular weight excluding hydrogens is 215 g/mol. The number of ether oxygens (including phenoxy) is 1. The van der Waals surface area contributed by atoms with Crippen molar-refractivity contribution in [2.45, 2.75) is 6.42 Å². The maximum Gasteiger partial charge on any atom is 0.313 e. The summed E-state index contributed by atoms with van der Waals surface area (Å²) in [4.78, 5) is 33.4. The second-order valence-corrected chi connectivity index (χ2v) is 3.01. The third kappa shape index (κ3) is 2.98. The number of carbonyl (C=O) groups excluding carboxylic acids is 3. The summed E-state index contributed by atoms with van der Waals surface area (Å²) in [5.41, 5.74) is 0.0512. The molecule has 0 saturated heterocycles. The summed E-state index contributed by atoms with van der Waals surface area (Å²) < 4.78 is 16.8. The van der Waals surface area contributed by atoms with Gasteiger partial charge >= 0.3 is 5.97 Å². The Labute approximate surface area is 91.0 Å². The molecule has 0 aliphatic heterocycles. The number of halogens is 1.